The van der Waals surface area contributed by atoms with Gasteiger partial charge in [0.1, 0.15) is 0 Å². The lowest BCUT2D eigenvalue weighted by Crippen LogP contribution is -2.24. The minimum atomic E-state index is -0.951. The summed E-state index contributed by atoms with van der Waals surface area (Å²) < 4.78 is 0. The van der Waals surface area contributed by atoms with Crippen molar-refractivity contribution in [2.75, 3.05) is 6.54 Å². The number of carbonyl (C=O) groups excluding carboxylic acids is 2. The van der Waals surface area contributed by atoms with Crippen LogP contribution in [-0.2, 0) is 9.59 Å². The van der Waals surface area contributed by atoms with E-state index in [-0.39, 0.29) is 18.2 Å². The van der Waals surface area contributed by atoms with Gasteiger partial charge in [-0.1, -0.05) is 39.0 Å². The van der Waals surface area contributed by atoms with E-state index in [4.69, 9.17) is 0 Å². The molecule has 1 amide bonds. The van der Waals surface area contributed by atoms with E-state index >= 15 is 0 Å². The Balaban J connectivity index is 3.18. The Bertz CT molecular complexity index is 229. The molecule has 0 saturated carbocycles. The van der Waals surface area contributed by atoms with Crippen molar-refractivity contribution >= 4 is 11.9 Å². The zero-order valence-corrected chi connectivity index (χ0v) is 11.0. The number of aliphatic carboxylic acids is 1. The van der Waals surface area contributed by atoms with Gasteiger partial charge in [0.2, 0.25) is 5.91 Å². The van der Waals surface area contributed by atoms with Gasteiger partial charge in [0.25, 0.3) is 0 Å². The van der Waals surface area contributed by atoms with Crippen molar-refractivity contribution in [2.45, 2.75) is 58.8 Å². The van der Waals surface area contributed by atoms with E-state index in [1.54, 1.807) is 0 Å². The summed E-state index contributed by atoms with van der Waals surface area (Å²) >= 11 is 0. The van der Waals surface area contributed by atoms with Crippen LogP contribution in [0.5, 0.6) is 0 Å². The van der Waals surface area contributed by atoms with Crippen LogP contribution in [-0.4, -0.2) is 18.4 Å². The van der Waals surface area contributed by atoms with E-state index in [9.17, 15) is 14.7 Å². The first-order chi connectivity index (χ1) is 8.02. The highest BCUT2D eigenvalue weighted by Crippen LogP contribution is 2.13. The fourth-order valence-electron chi connectivity index (χ4n) is 1.80. The maximum absolute atomic E-state index is 10.6. The maximum Gasteiger partial charge on any atom is 0.216 e. The highest BCUT2D eigenvalue weighted by molar-refractivity contribution is 5.72. The minimum absolute atomic E-state index is 0.0288. The molecule has 0 aromatic heterocycles. The standard InChI is InChI=1S/C13H25NO3/c1-11(10-13(16)17)8-6-4-3-5-7-9-14-12(2)15/h11H,3-10H2,1-2H3,(H,14,15)(H,16,17)/p-1/t11-/m1/s1. The molecule has 0 heterocycles. The van der Waals surface area contributed by atoms with Crippen molar-refractivity contribution in [1.29, 1.82) is 0 Å². The smallest absolute Gasteiger partial charge is 0.216 e. The zero-order chi connectivity index (χ0) is 13.1. The van der Waals surface area contributed by atoms with Gasteiger partial charge in [-0.15, -0.1) is 0 Å². The third-order valence-electron chi connectivity index (χ3n) is 2.76. The summed E-state index contributed by atoms with van der Waals surface area (Å²) in [5.74, 6) is -0.701. The molecule has 0 aliphatic heterocycles. The number of carbonyl (C=O) groups is 2. The lowest BCUT2D eigenvalue weighted by molar-refractivity contribution is -0.306. The molecule has 17 heavy (non-hydrogen) atoms. The molecule has 0 aromatic carbocycles. The van der Waals surface area contributed by atoms with E-state index in [0.717, 1.165) is 45.1 Å². The average Bonchev–Trinajstić information content (AvgIpc) is 2.20. The third-order valence-corrected chi connectivity index (χ3v) is 2.76. The van der Waals surface area contributed by atoms with Gasteiger partial charge in [-0.3, -0.25) is 4.79 Å². The van der Waals surface area contributed by atoms with E-state index in [1.807, 2.05) is 6.92 Å². The van der Waals surface area contributed by atoms with E-state index in [1.165, 1.54) is 6.92 Å². The third kappa shape index (κ3) is 12.9. The van der Waals surface area contributed by atoms with Gasteiger partial charge < -0.3 is 15.2 Å². The Morgan fingerprint density at radius 2 is 1.71 bits per heavy atom. The van der Waals surface area contributed by atoms with E-state index in [2.05, 4.69) is 5.32 Å². The van der Waals surface area contributed by atoms with Gasteiger partial charge in [0, 0.05) is 19.4 Å². The van der Waals surface area contributed by atoms with E-state index in [0.29, 0.717) is 0 Å². The summed E-state index contributed by atoms with van der Waals surface area (Å²) in [6.07, 6.45) is 6.63. The molecule has 0 aliphatic carbocycles. The first-order valence-corrected chi connectivity index (χ1v) is 6.46. The first-order valence-electron chi connectivity index (χ1n) is 6.46. The van der Waals surface area contributed by atoms with Crippen LogP contribution in [0.4, 0.5) is 0 Å². The van der Waals surface area contributed by atoms with E-state index < -0.39 is 5.97 Å². The largest absolute Gasteiger partial charge is 0.550 e. The second-order valence-electron chi connectivity index (χ2n) is 4.72. The summed E-state index contributed by atoms with van der Waals surface area (Å²) in [7, 11) is 0. The molecule has 0 saturated heterocycles. The van der Waals surface area contributed by atoms with Gasteiger partial charge in [-0.05, 0) is 18.8 Å². The highest BCUT2D eigenvalue weighted by Gasteiger charge is 2.01. The van der Waals surface area contributed by atoms with Crippen LogP contribution in [0.25, 0.3) is 0 Å². The number of nitrogens with one attached hydrogen (secondary N) is 1. The molecule has 4 nitrogen and oxygen atoms in total. The molecule has 1 N–H and O–H groups in total. The molecule has 0 bridgehead atoms. The van der Waals surface area contributed by atoms with Crippen LogP contribution in [0.2, 0.25) is 0 Å². The van der Waals surface area contributed by atoms with Gasteiger partial charge in [0.05, 0.1) is 0 Å². The average molecular weight is 242 g/mol. The molecule has 4 heteroatoms. The zero-order valence-electron chi connectivity index (χ0n) is 11.0. The Morgan fingerprint density at radius 1 is 1.12 bits per heavy atom. The molecule has 0 aromatic rings. The van der Waals surface area contributed by atoms with Crippen molar-refractivity contribution in [3.8, 4) is 0 Å². The molecule has 0 aliphatic rings. The second-order valence-corrected chi connectivity index (χ2v) is 4.72. The molecular weight excluding hydrogens is 218 g/mol. The number of hydrogen-bond acceptors (Lipinski definition) is 3. The lowest BCUT2D eigenvalue weighted by Gasteiger charge is -2.11. The van der Waals surface area contributed by atoms with Gasteiger partial charge in [-0.2, -0.15) is 0 Å². The monoisotopic (exact) mass is 242 g/mol. The van der Waals surface area contributed by atoms with Gasteiger partial charge in [-0.25, -0.2) is 0 Å². The Hall–Kier alpha value is -1.06. The molecule has 0 radical (unpaired) electrons. The predicted molar refractivity (Wildman–Crippen MR) is 65.2 cm³/mol. The van der Waals surface area contributed by atoms with Crippen LogP contribution in [0, 0.1) is 5.92 Å². The molecule has 1 atom stereocenters. The van der Waals surface area contributed by atoms with Crippen molar-refractivity contribution < 1.29 is 14.7 Å². The molecule has 100 valence electrons. The number of rotatable bonds is 10. The first kappa shape index (κ1) is 15.9. The van der Waals surface area contributed by atoms with Gasteiger partial charge in [0.15, 0.2) is 0 Å². The number of hydrogen-bond donors (Lipinski definition) is 1. The van der Waals surface area contributed by atoms with Crippen molar-refractivity contribution in [3.63, 3.8) is 0 Å². The molecular formula is C13H24NO3-. The summed E-state index contributed by atoms with van der Waals surface area (Å²) in [6.45, 7) is 4.24. The number of carboxylic acid groups (broad SMARTS) is 1. The minimum Gasteiger partial charge on any atom is -0.550 e. The van der Waals surface area contributed by atoms with Crippen LogP contribution >= 0.6 is 0 Å². The van der Waals surface area contributed by atoms with Crippen LogP contribution in [0.1, 0.15) is 58.8 Å². The fraction of sp³-hybridized carbons (Fsp3) is 0.846. The Morgan fingerprint density at radius 3 is 2.29 bits per heavy atom. The Labute approximate surface area is 104 Å². The molecule has 0 unspecified atom stereocenters. The maximum atomic E-state index is 10.6. The topological polar surface area (TPSA) is 69.2 Å². The number of unbranched alkanes of at least 4 members (excludes halogenated alkanes) is 4. The van der Waals surface area contributed by atoms with Crippen molar-refractivity contribution in [3.05, 3.63) is 0 Å². The highest BCUT2D eigenvalue weighted by atomic mass is 16.4. The van der Waals surface area contributed by atoms with Crippen molar-refractivity contribution in [2.24, 2.45) is 5.92 Å². The summed E-state index contributed by atoms with van der Waals surface area (Å²) in [4.78, 5) is 20.9. The fourth-order valence-corrected chi connectivity index (χ4v) is 1.80. The van der Waals surface area contributed by atoms with Crippen LogP contribution in [0.3, 0.4) is 0 Å². The number of carboxylic acids is 1. The quantitative estimate of drug-likeness (QED) is 0.586. The normalized spacial score (nSPS) is 12.1. The SMILES string of the molecule is CC(=O)NCCCCCCC[C@@H](C)CC(=O)[O-]. The lowest BCUT2D eigenvalue weighted by atomic mass is 9.99. The van der Waals surface area contributed by atoms with Gasteiger partial charge >= 0.3 is 0 Å². The summed E-state index contributed by atoms with van der Waals surface area (Å²) in [5.41, 5.74) is 0. The molecule has 0 spiro atoms. The van der Waals surface area contributed by atoms with Crippen molar-refractivity contribution in [1.82, 2.24) is 5.32 Å². The molecule has 0 fully saturated rings. The summed E-state index contributed by atoms with van der Waals surface area (Å²) in [5, 5.41) is 13.1. The molecule has 0 rings (SSSR count). The van der Waals surface area contributed by atoms with Crippen LogP contribution < -0.4 is 10.4 Å². The predicted octanol–water partition coefficient (Wildman–Crippen LogP) is 1.24. The van der Waals surface area contributed by atoms with Crippen LogP contribution in [0.15, 0.2) is 0 Å². The summed E-state index contributed by atoms with van der Waals surface area (Å²) in [6, 6.07) is 0. The Kier molecular flexibility index (Phi) is 9.49. The number of amides is 1. The second kappa shape index (κ2) is 10.1.